The van der Waals surface area contributed by atoms with Gasteiger partial charge in [0, 0.05) is 12.1 Å². The Morgan fingerprint density at radius 3 is 1.89 bits per heavy atom. The molecule has 0 N–H and O–H groups in total. The second-order valence-corrected chi connectivity index (χ2v) is 7.65. The first-order valence-electron chi connectivity index (χ1n) is 6.78. The first-order chi connectivity index (χ1) is 8.69. The van der Waals surface area contributed by atoms with Gasteiger partial charge in [-0.1, -0.05) is 18.2 Å². The van der Waals surface area contributed by atoms with E-state index in [0.717, 1.165) is 0 Å². The van der Waals surface area contributed by atoms with Crippen molar-refractivity contribution in [3.63, 3.8) is 0 Å². The Morgan fingerprint density at radius 1 is 0.889 bits per heavy atom. The summed E-state index contributed by atoms with van der Waals surface area (Å²) in [6.45, 7) is 0. The standard InChI is InChI=1S/C14H17NO2S/c16-18(17,12-4-2-1-3-5-12)15-13-10-6-7-11(9-8-10)14(13)15/h1-5,10-11,13-14H,6-9H2/t10?,11?,13-,14-,15?/m0/s1. The van der Waals surface area contributed by atoms with Gasteiger partial charge in [0.1, 0.15) is 0 Å². The van der Waals surface area contributed by atoms with Gasteiger partial charge in [-0.3, -0.25) is 0 Å². The lowest BCUT2D eigenvalue weighted by molar-refractivity contribution is 0.218. The van der Waals surface area contributed by atoms with Crippen molar-refractivity contribution in [3.8, 4) is 0 Å². The van der Waals surface area contributed by atoms with Gasteiger partial charge in [-0.15, -0.1) is 0 Å². The molecule has 4 heteroatoms. The van der Waals surface area contributed by atoms with Gasteiger partial charge in [0.15, 0.2) is 0 Å². The van der Waals surface area contributed by atoms with Crippen LogP contribution in [0.2, 0.25) is 0 Å². The molecule has 1 heterocycles. The molecule has 0 unspecified atom stereocenters. The highest BCUT2D eigenvalue weighted by Crippen LogP contribution is 2.56. The maximum absolute atomic E-state index is 12.6. The Balaban J connectivity index is 1.70. The van der Waals surface area contributed by atoms with Crippen LogP contribution in [0, 0.1) is 11.8 Å². The Morgan fingerprint density at radius 2 is 1.39 bits per heavy atom. The number of hydrogen-bond acceptors (Lipinski definition) is 2. The molecule has 96 valence electrons. The fourth-order valence-corrected chi connectivity index (χ4v) is 6.01. The summed E-state index contributed by atoms with van der Waals surface area (Å²) < 4.78 is 27.0. The van der Waals surface area contributed by atoms with Crippen LogP contribution in [0.1, 0.15) is 25.7 Å². The van der Waals surface area contributed by atoms with Crippen molar-refractivity contribution in [2.24, 2.45) is 11.8 Å². The zero-order valence-corrected chi connectivity index (χ0v) is 11.0. The highest BCUT2D eigenvalue weighted by Gasteiger charge is 2.65. The third-order valence-electron chi connectivity index (χ3n) is 4.95. The molecule has 4 aliphatic rings. The molecule has 1 saturated heterocycles. The van der Waals surface area contributed by atoms with E-state index in [2.05, 4.69) is 0 Å². The molecule has 3 saturated carbocycles. The van der Waals surface area contributed by atoms with Gasteiger partial charge < -0.3 is 0 Å². The fraction of sp³-hybridized carbons (Fsp3) is 0.571. The van der Waals surface area contributed by atoms with E-state index in [0.29, 0.717) is 28.8 Å². The SMILES string of the molecule is O=S(=O)(c1ccccc1)N1[C@H]2C3CCC(CC3)[C@@H]21. The number of benzene rings is 1. The molecule has 1 aromatic rings. The Kier molecular flexibility index (Phi) is 2.19. The van der Waals surface area contributed by atoms with E-state index in [1.165, 1.54) is 25.7 Å². The van der Waals surface area contributed by atoms with E-state index in [4.69, 9.17) is 0 Å². The zero-order valence-electron chi connectivity index (χ0n) is 10.2. The van der Waals surface area contributed by atoms with Crippen LogP contribution in [-0.2, 0) is 10.0 Å². The molecule has 0 aromatic heterocycles. The average molecular weight is 263 g/mol. The summed E-state index contributed by atoms with van der Waals surface area (Å²) in [6, 6.07) is 9.52. The molecule has 3 aliphatic carbocycles. The number of hydrogen-bond donors (Lipinski definition) is 0. The molecule has 5 rings (SSSR count). The molecule has 0 radical (unpaired) electrons. The molecule has 0 spiro atoms. The molecule has 4 fully saturated rings. The topological polar surface area (TPSA) is 37.1 Å². The van der Waals surface area contributed by atoms with Gasteiger partial charge in [0.25, 0.3) is 0 Å². The molecule has 0 amide bonds. The first kappa shape index (κ1) is 11.0. The number of sulfonamides is 1. The van der Waals surface area contributed by atoms with Crippen molar-refractivity contribution in [2.45, 2.75) is 42.7 Å². The van der Waals surface area contributed by atoms with E-state index < -0.39 is 10.0 Å². The van der Waals surface area contributed by atoms with Crippen LogP contribution in [0.4, 0.5) is 0 Å². The maximum atomic E-state index is 12.6. The summed E-state index contributed by atoms with van der Waals surface area (Å²) >= 11 is 0. The van der Waals surface area contributed by atoms with Gasteiger partial charge >= 0.3 is 0 Å². The van der Waals surface area contributed by atoms with Gasteiger partial charge in [-0.25, -0.2) is 8.42 Å². The van der Waals surface area contributed by atoms with Crippen LogP contribution in [0.5, 0.6) is 0 Å². The Hall–Kier alpha value is -0.870. The summed E-state index contributed by atoms with van der Waals surface area (Å²) in [5, 5.41) is 0. The molecule has 1 aliphatic heterocycles. The first-order valence-corrected chi connectivity index (χ1v) is 8.22. The van der Waals surface area contributed by atoms with Crippen molar-refractivity contribution in [1.29, 1.82) is 0 Å². The van der Waals surface area contributed by atoms with Crippen molar-refractivity contribution in [2.75, 3.05) is 0 Å². The van der Waals surface area contributed by atoms with E-state index in [-0.39, 0.29) is 0 Å². The Labute approximate surface area is 108 Å². The van der Waals surface area contributed by atoms with E-state index in [1.807, 2.05) is 6.07 Å². The van der Waals surface area contributed by atoms with Crippen molar-refractivity contribution >= 4 is 10.0 Å². The lowest BCUT2D eigenvalue weighted by Gasteiger charge is -2.32. The monoisotopic (exact) mass is 263 g/mol. The van der Waals surface area contributed by atoms with E-state index in [9.17, 15) is 8.42 Å². The fourth-order valence-electron chi connectivity index (χ4n) is 4.08. The third kappa shape index (κ3) is 1.36. The van der Waals surface area contributed by atoms with E-state index >= 15 is 0 Å². The van der Waals surface area contributed by atoms with Crippen molar-refractivity contribution < 1.29 is 8.42 Å². The zero-order chi connectivity index (χ0) is 12.3. The number of fused-ring (bicyclic) bond motifs is 2. The van der Waals surface area contributed by atoms with Gasteiger partial charge in [-0.2, -0.15) is 4.31 Å². The normalized spacial score (nSPS) is 41.4. The van der Waals surface area contributed by atoms with Crippen LogP contribution in [-0.4, -0.2) is 24.8 Å². The predicted molar refractivity (Wildman–Crippen MR) is 68.5 cm³/mol. The summed E-state index contributed by atoms with van der Waals surface area (Å²) in [5.41, 5.74) is 0. The lowest BCUT2D eigenvalue weighted by Crippen LogP contribution is -2.30. The minimum Gasteiger partial charge on any atom is -0.207 e. The third-order valence-corrected chi connectivity index (χ3v) is 6.86. The minimum atomic E-state index is -3.24. The molecule has 18 heavy (non-hydrogen) atoms. The van der Waals surface area contributed by atoms with Crippen molar-refractivity contribution in [1.82, 2.24) is 4.31 Å². The van der Waals surface area contributed by atoms with E-state index in [1.54, 1.807) is 28.6 Å². The number of nitrogens with zero attached hydrogens (tertiary/aromatic N) is 1. The molecular formula is C14H17NO2S. The van der Waals surface area contributed by atoms with Crippen LogP contribution in [0.25, 0.3) is 0 Å². The smallest absolute Gasteiger partial charge is 0.207 e. The Bertz CT molecular complexity index is 543. The van der Waals surface area contributed by atoms with Gasteiger partial charge in [-0.05, 0) is 49.7 Å². The maximum Gasteiger partial charge on any atom is 0.243 e. The minimum absolute atomic E-state index is 0.322. The second kappa shape index (κ2) is 3.58. The summed E-state index contributed by atoms with van der Waals surface area (Å²) in [7, 11) is -3.24. The molecular weight excluding hydrogens is 246 g/mol. The van der Waals surface area contributed by atoms with Crippen LogP contribution < -0.4 is 0 Å². The quantitative estimate of drug-likeness (QED) is 0.767. The van der Waals surface area contributed by atoms with Crippen molar-refractivity contribution in [3.05, 3.63) is 30.3 Å². The van der Waals surface area contributed by atoms with Crippen LogP contribution in [0.15, 0.2) is 35.2 Å². The second-order valence-electron chi connectivity index (χ2n) is 5.80. The summed E-state index contributed by atoms with van der Waals surface area (Å²) in [4.78, 5) is 0.457. The van der Waals surface area contributed by atoms with Gasteiger partial charge in [0.05, 0.1) is 4.90 Å². The largest absolute Gasteiger partial charge is 0.243 e. The number of rotatable bonds is 2. The summed E-state index contributed by atoms with van der Waals surface area (Å²) in [6.07, 6.45) is 4.92. The average Bonchev–Trinajstić information content (AvgIpc) is 3.19. The summed E-state index contributed by atoms with van der Waals surface area (Å²) in [5.74, 6) is 1.25. The van der Waals surface area contributed by atoms with Crippen LogP contribution >= 0.6 is 0 Å². The van der Waals surface area contributed by atoms with Gasteiger partial charge in [0.2, 0.25) is 10.0 Å². The lowest BCUT2D eigenvalue weighted by atomic mass is 9.71. The predicted octanol–water partition coefficient (Wildman–Crippen LogP) is 2.25. The van der Waals surface area contributed by atoms with Crippen LogP contribution in [0.3, 0.4) is 0 Å². The highest BCUT2D eigenvalue weighted by atomic mass is 32.2. The molecule has 1 aromatic carbocycles. The molecule has 3 nitrogen and oxygen atoms in total. The molecule has 2 bridgehead atoms. The molecule has 2 atom stereocenters. The highest BCUT2D eigenvalue weighted by molar-refractivity contribution is 7.89.